The topological polar surface area (TPSA) is 56.7 Å². The molecule has 0 unspecified atom stereocenters. The van der Waals surface area contributed by atoms with Gasteiger partial charge in [0.2, 0.25) is 5.95 Å². The van der Waals surface area contributed by atoms with Crippen LogP contribution in [0.25, 0.3) is 16.9 Å². The van der Waals surface area contributed by atoms with Crippen molar-refractivity contribution in [3.8, 4) is 5.69 Å². The Morgan fingerprint density at radius 3 is 2.62 bits per heavy atom. The van der Waals surface area contributed by atoms with Gasteiger partial charge in [0.25, 0.3) is 0 Å². The predicted octanol–water partition coefficient (Wildman–Crippen LogP) is 3.95. The van der Waals surface area contributed by atoms with E-state index < -0.39 is 0 Å². The Balaban J connectivity index is 2.34. The second-order valence-electron chi connectivity index (χ2n) is 6.07. The normalized spacial score (nSPS) is 12.0. The number of imidazole rings is 1. The van der Waals surface area contributed by atoms with E-state index in [1.165, 1.54) is 5.56 Å². The molecule has 0 bridgehead atoms. The molecule has 4 nitrogen and oxygen atoms in total. The third-order valence-corrected chi connectivity index (χ3v) is 3.65. The number of hydrogen-bond donors (Lipinski definition) is 1. The average Bonchev–Trinajstić information content (AvgIpc) is 2.72. The highest BCUT2D eigenvalue weighted by Crippen LogP contribution is 2.32. The third-order valence-electron chi connectivity index (χ3n) is 3.44. The minimum Gasteiger partial charge on any atom is -0.369 e. The Labute approximate surface area is 128 Å². The lowest BCUT2D eigenvalue weighted by Gasteiger charge is -2.23. The zero-order chi connectivity index (χ0) is 15.2. The van der Waals surface area contributed by atoms with Gasteiger partial charge in [-0.15, -0.1) is 0 Å². The van der Waals surface area contributed by atoms with Gasteiger partial charge in [0.1, 0.15) is 5.52 Å². The second kappa shape index (κ2) is 4.74. The van der Waals surface area contributed by atoms with Crippen LogP contribution < -0.4 is 5.73 Å². The summed E-state index contributed by atoms with van der Waals surface area (Å²) < 4.78 is 1.88. The van der Waals surface area contributed by atoms with E-state index in [0.717, 1.165) is 5.69 Å². The highest BCUT2D eigenvalue weighted by atomic mass is 35.5. The summed E-state index contributed by atoms with van der Waals surface area (Å²) in [7, 11) is 0. The first kappa shape index (κ1) is 13.9. The molecule has 0 atom stereocenters. The van der Waals surface area contributed by atoms with Gasteiger partial charge in [0.05, 0.1) is 10.7 Å². The van der Waals surface area contributed by atoms with Gasteiger partial charge in [-0.05, 0) is 23.1 Å². The molecule has 0 saturated heterocycles. The molecule has 0 saturated carbocycles. The number of para-hydroxylation sites is 1. The number of pyridine rings is 1. The van der Waals surface area contributed by atoms with Gasteiger partial charge in [0, 0.05) is 6.20 Å². The molecule has 2 N–H and O–H groups in total. The molecule has 3 rings (SSSR count). The molecule has 0 amide bonds. The highest BCUT2D eigenvalue weighted by Gasteiger charge is 2.21. The molecular formula is C16H17ClN4. The molecule has 2 heterocycles. The number of hydrogen-bond acceptors (Lipinski definition) is 3. The predicted molar refractivity (Wildman–Crippen MR) is 87.0 cm³/mol. The van der Waals surface area contributed by atoms with Crippen LogP contribution in [-0.4, -0.2) is 14.5 Å². The maximum absolute atomic E-state index is 6.12. The Morgan fingerprint density at radius 2 is 1.90 bits per heavy atom. The number of nitrogens with zero attached hydrogens (tertiary/aromatic N) is 3. The fourth-order valence-electron chi connectivity index (χ4n) is 2.50. The summed E-state index contributed by atoms with van der Waals surface area (Å²) in [6, 6.07) is 9.94. The smallest absolute Gasteiger partial charge is 0.207 e. The monoisotopic (exact) mass is 300 g/mol. The molecule has 21 heavy (non-hydrogen) atoms. The van der Waals surface area contributed by atoms with Crippen LogP contribution >= 0.6 is 11.6 Å². The summed E-state index contributed by atoms with van der Waals surface area (Å²) in [5.41, 5.74) is 9.71. The number of fused-ring (bicyclic) bond motifs is 1. The number of nitrogens with two attached hydrogens (primary N) is 1. The van der Waals surface area contributed by atoms with Crippen molar-refractivity contribution in [1.29, 1.82) is 0 Å². The first-order valence-electron chi connectivity index (χ1n) is 6.77. The maximum Gasteiger partial charge on any atom is 0.207 e. The molecular weight excluding hydrogens is 284 g/mol. The Kier molecular flexibility index (Phi) is 3.14. The van der Waals surface area contributed by atoms with E-state index in [2.05, 4.69) is 36.8 Å². The van der Waals surface area contributed by atoms with E-state index in [0.29, 0.717) is 22.1 Å². The van der Waals surface area contributed by atoms with Crippen molar-refractivity contribution in [2.24, 2.45) is 0 Å². The standard InChI is InChI=1S/C16H17ClN4/c1-16(2,3)11-6-4-5-7-13(11)21-14-12(20-15(21)18)8-10(17)9-19-14/h4-9H,1-3H3,(H2,18,20). The van der Waals surface area contributed by atoms with Crippen LogP contribution in [0.4, 0.5) is 5.95 Å². The van der Waals surface area contributed by atoms with E-state index in [-0.39, 0.29) is 5.41 Å². The number of halogens is 1. The van der Waals surface area contributed by atoms with E-state index in [1.807, 2.05) is 22.8 Å². The van der Waals surface area contributed by atoms with Crippen molar-refractivity contribution < 1.29 is 0 Å². The van der Waals surface area contributed by atoms with Crippen LogP contribution in [0.15, 0.2) is 36.5 Å². The first-order valence-corrected chi connectivity index (χ1v) is 7.15. The lowest BCUT2D eigenvalue weighted by molar-refractivity contribution is 0.587. The third kappa shape index (κ3) is 2.36. The molecule has 2 aromatic heterocycles. The summed E-state index contributed by atoms with van der Waals surface area (Å²) in [5.74, 6) is 0.413. The summed E-state index contributed by atoms with van der Waals surface area (Å²) in [6.45, 7) is 6.52. The van der Waals surface area contributed by atoms with Crippen LogP contribution in [0.5, 0.6) is 0 Å². The SMILES string of the molecule is CC(C)(C)c1ccccc1-n1c(N)nc2cc(Cl)cnc21. The van der Waals surface area contributed by atoms with Crippen LogP contribution in [0.1, 0.15) is 26.3 Å². The Hall–Kier alpha value is -2.07. The first-order chi connectivity index (χ1) is 9.88. The van der Waals surface area contributed by atoms with Gasteiger partial charge in [-0.1, -0.05) is 50.6 Å². The van der Waals surface area contributed by atoms with Gasteiger partial charge in [-0.25, -0.2) is 9.97 Å². The van der Waals surface area contributed by atoms with Crippen molar-refractivity contribution in [3.05, 3.63) is 47.1 Å². The number of rotatable bonds is 1. The van der Waals surface area contributed by atoms with Gasteiger partial charge < -0.3 is 5.73 Å². The van der Waals surface area contributed by atoms with E-state index in [1.54, 1.807) is 12.3 Å². The Bertz CT molecular complexity index is 815. The van der Waals surface area contributed by atoms with E-state index >= 15 is 0 Å². The van der Waals surface area contributed by atoms with Gasteiger partial charge in [-0.2, -0.15) is 0 Å². The average molecular weight is 301 g/mol. The highest BCUT2D eigenvalue weighted by molar-refractivity contribution is 6.31. The largest absolute Gasteiger partial charge is 0.369 e. The van der Waals surface area contributed by atoms with Gasteiger partial charge >= 0.3 is 0 Å². The van der Waals surface area contributed by atoms with Crippen molar-refractivity contribution in [2.75, 3.05) is 5.73 Å². The number of nitrogen functional groups attached to an aromatic ring is 1. The van der Waals surface area contributed by atoms with Crippen molar-refractivity contribution in [1.82, 2.24) is 14.5 Å². The fraction of sp³-hybridized carbons (Fsp3) is 0.250. The summed E-state index contributed by atoms with van der Waals surface area (Å²) in [6.07, 6.45) is 1.61. The van der Waals surface area contributed by atoms with E-state index in [4.69, 9.17) is 17.3 Å². The molecule has 0 radical (unpaired) electrons. The second-order valence-corrected chi connectivity index (χ2v) is 6.51. The zero-order valence-corrected chi connectivity index (χ0v) is 13.0. The molecule has 0 aliphatic carbocycles. The van der Waals surface area contributed by atoms with Crippen molar-refractivity contribution in [2.45, 2.75) is 26.2 Å². The maximum atomic E-state index is 6.12. The van der Waals surface area contributed by atoms with Crippen LogP contribution in [-0.2, 0) is 5.41 Å². The number of benzene rings is 1. The lowest BCUT2D eigenvalue weighted by atomic mass is 9.86. The lowest BCUT2D eigenvalue weighted by Crippen LogP contribution is -2.16. The summed E-state index contributed by atoms with van der Waals surface area (Å²) in [4.78, 5) is 8.76. The molecule has 0 aliphatic heterocycles. The van der Waals surface area contributed by atoms with Gasteiger partial charge in [-0.3, -0.25) is 4.57 Å². The number of aromatic nitrogens is 3. The minimum absolute atomic E-state index is 0.00788. The van der Waals surface area contributed by atoms with Crippen molar-refractivity contribution in [3.63, 3.8) is 0 Å². The molecule has 108 valence electrons. The van der Waals surface area contributed by atoms with Crippen molar-refractivity contribution >= 4 is 28.7 Å². The van der Waals surface area contributed by atoms with Crippen LogP contribution in [0.2, 0.25) is 5.02 Å². The van der Waals surface area contributed by atoms with Crippen LogP contribution in [0, 0.1) is 0 Å². The summed E-state index contributed by atoms with van der Waals surface area (Å²) in [5, 5.41) is 0.552. The Morgan fingerprint density at radius 1 is 1.19 bits per heavy atom. The number of anilines is 1. The minimum atomic E-state index is -0.00788. The van der Waals surface area contributed by atoms with Gasteiger partial charge in [0.15, 0.2) is 5.65 Å². The fourth-order valence-corrected chi connectivity index (χ4v) is 2.65. The van der Waals surface area contributed by atoms with E-state index in [9.17, 15) is 0 Å². The molecule has 0 spiro atoms. The molecule has 0 aliphatic rings. The molecule has 0 fully saturated rings. The molecule has 3 aromatic rings. The molecule has 1 aromatic carbocycles. The summed E-state index contributed by atoms with van der Waals surface area (Å²) >= 11 is 5.98. The van der Waals surface area contributed by atoms with Crippen LogP contribution in [0.3, 0.4) is 0 Å². The zero-order valence-electron chi connectivity index (χ0n) is 12.3. The quantitative estimate of drug-likeness (QED) is 0.740. The molecule has 5 heteroatoms.